The maximum absolute atomic E-state index is 12.6. The van der Waals surface area contributed by atoms with Crippen LogP contribution in [0.3, 0.4) is 0 Å². The standard InChI is InChI=1S/C21H29N3O5/c1-5-18(25)22-12-15-6-8-16(9-7-15)19(26)23-17-13-24(10-11-28-14-17)20(27)29-21(2,3)4/h5-9,17H,1,10-14H2,2-4H3,(H,22,25)(H,23,26). The smallest absolute Gasteiger partial charge is 0.410 e. The Morgan fingerprint density at radius 3 is 2.59 bits per heavy atom. The molecule has 1 heterocycles. The maximum Gasteiger partial charge on any atom is 0.410 e. The predicted molar refractivity (Wildman–Crippen MR) is 108 cm³/mol. The van der Waals surface area contributed by atoms with Crippen molar-refractivity contribution in [3.63, 3.8) is 0 Å². The number of hydrogen-bond acceptors (Lipinski definition) is 5. The van der Waals surface area contributed by atoms with Gasteiger partial charge < -0.3 is 25.0 Å². The number of benzene rings is 1. The molecule has 8 heteroatoms. The van der Waals surface area contributed by atoms with E-state index in [2.05, 4.69) is 17.2 Å². The van der Waals surface area contributed by atoms with E-state index in [9.17, 15) is 14.4 Å². The van der Waals surface area contributed by atoms with Crippen LogP contribution in [0.4, 0.5) is 4.79 Å². The third kappa shape index (κ3) is 7.57. The highest BCUT2D eigenvalue weighted by atomic mass is 16.6. The third-order valence-corrected chi connectivity index (χ3v) is 4.12. The van der Waals surface area contributed by atoms with Crippen LogP contribution in [0.5, 0.6) is 0 Å². The molecule has 2 N–H and O–H groups in total. The summed E-state index contributed by atoms with van der Waals surface area (Å²) in [7, 11) is 0. The molecule has 1 unspecified atom stereocenters. The first-order chi connectivity index (χ1) is 13.7. The molecule has 0 aliphatic carbocycles. The molecule has 0 radical (unpaired) electrons. The molecule has 3 amide bonds. The van der Waals surface area contributed by atoms with Crippen LogP contribution >= 0.6 is 0 Å². The quantitative estimate of drug-likeness (QED) is 0.732. The van der Waals surface area contributed by atoms with Gasteiger partial charge in [-0.3, -0.25) is 9.59 Å². The minimum atomic E-state index is -0.587. The molecule has 1 aromatic carbocycles. The fraction of sp³-hybridized carbons (Fsp3) is 0.476. The molecular formula is C21H29N3O5. The van der Waals surface area contributed by atoms with Gasteiger partial charge in [-0.05, 0) is 44.5 Å². The molecule has 1 saturated heterocycles. The summed E-state index contributed by atoms with van der Waals surface area (Å²) >= 11 is 0. The second kappa shape index (κ2) is 10.1. The number of nitrogens with zero attached hydrogens (tertiary/aromatic N) is 1. The van der Waals surface area contributed by atoms with Gasteiger partial charge in [-0.1, -0.05) is 18.7 Å². The Balaban J connectivity index is 1.93. The van der Waals surface area contributed by atoms with E-state index in [4.69, 9.17) is 9.47 Å². The molecule has 0 saturated carbocycles. The second-order valence-electron chi connectivity index (χ2n) is 7.79. The van der Waals surface area contributed by atoms with E-state index >= 15 is 0 Å². The van der Waals surface area contributed by atoms with E-state index in [-0.39, 0.29) is 17.9 Å². The number of hydrogen-bond donors (Lipinski definition) is 2. The van der Waals surface area contributed by atoms with Crippen molar-refractivity contribution >= 4 is 17.9 Å². The zero-order valence-electron chi connectivity index (χ0n) is 17.2. The Kier molecular flexibility index (Phi) is 7.78. The minimum Gasteiger partial charge on any atom is -0.444 e. The van der Waals surface area contributed by atoms with Gasteiger partial charge in [0, 0.05) is 25.2 Å². The van der Waals surface area contributed by atoms with Crippen molar-refractivity contribution in [1.29, 1.82) is 0 Å². The molecule has 0 spiro atoms. The molecule has 0 bridgehead atoms. The number of nitrogens with one attached hydrogen (secondary N) is 2. The highest BCUT2D eigenvalue weighted by molar-refractivity contribution is 5.94. The van der Waals surface area contributed by atoms with Gasteiger partial charge >= 0.3 is 6.09 Å². The summed E-state index contributed by atoms with van der Waals surface area (Å²) in [4.78, 5) is 37.7. The van der Waals surface area contributed by atoms with Gasteiger partial charge in [0.15, 0.2) is 0 Å². The summed E-state index contributed by atoms with van der Waals surface area (Å²) in [5.41, 5.74) is 0.762. The Bertz CT molecular complexity index is 740. The van der Waals surface area contributed by atoms with Crippen LogP contribution in [0.2, 0.25) is 0 Å². The molecule has 1 aliphatic rings. The first-order valence-electron chi connectivity index (χ1n) is 9.53. The topological polar surface area (TPSA) is 97.0 Å². The lowest BCUT2D eigenvalue weighted by Crippen LogP contribution is -2.47. The number of carbonyl (C=O) groups excluding carboxylic acids is 3. The molecule has 2 rings (SSSR count). The third-order valence-electron chi connectivity index (χ3n) is 4.12. The molecule has 1 aromatic rings. The predicted octanol–water partition coefficient (Wildman–Crippen LogP) is 1.85. The van der Waals surface area contributed by atoms with Crippen molar-refractivity contribution < 1.29 is 23.9 Å². The zero-order valence-corrected chi connectivity index (χ0v) is 17.2. The van der Waals surface area contributed by atoms with Crippen LogP contribution in [0, 0.1) is 0 Å². The first-order valence-corrected chi connectivity index (χ1v) is 9.53. The van der Waals surface area contributed by atoms with Crippen LogP contribution in [-0.4, -0.2) is 60.8 Å². The van der Waals surface area contributed by atoms with Crippen molar-refractivity contribution in [2.75, 3.05) is 26.3 Å². The normalized spacial score (nSPS) is 17.1. The van der Waals surface area contributed by atoms with Crippen molar-refractivity contribution in [2.24, 2.45) is 0 Å². The van der Waals surface area contributed by atoms with Crippen LogP contribution in [0.1, 0.15) is 36.7 Å². The van der Waals surface area contributed by atoms with E-state index in [0.717, 1.165) is 5.56 Å². The average molecular weight is 403 g/mol. The van der Waals surface area contributed by atoms with E-state index in [1.807, 2.05) is 20.8 Å². The summed E-state index contributed by atoms with van der Waals surface area (Å²) in [5.74, 6) is -0.513. The van der Waals surface area contributed by atoms with Crippen LogP contribution in [0.25, 0.3) is 0 Å². The summed E-state index contributed by atoms with van der Waals surface area (Å²) in [6.07, 6.45) is 0.783. The SMILES string of the molecule is C=CC(=O)NCc1ccc(C(=O)NC2COCCN(C(=O)OC(C)(C)C)C2)cc1. The Labute approximate surface area is 171 Å². The zero-order chi connectivity index (χ0) is 21.4. The molecule has 158 valence electrons. The molecular weight excluding hydrogens is 374 g/mol. The number of ether oxygens (including phenoxy) is 2. The lowest BCUT2D eigenvalue weighted by Gasteiger charge is -2.28. The Morgan fingerprint density at radius 1 is 1.28 bits per heavy atom. The van der Waals surface area contributed by atoms with Crippen molar-refractivity contribution in [2.45, 2.75) is 39.0 Å². The first kappa shape index (κ1) is 22.4. The summed E-state index contributed by atoms with van der Waals surface area (Å²) < 4.78 is 10.9. The molecule has 0 aromatic heterocycles. The molecule has 1 atom stereocenters. The van der Waals surface area contributed by atoms with Gasteiger partial charge in [0.05, 0.1) is 19.3 Å². The van der Waals surface area contributed by atoms with E-state index in [1.165, 1.54) is 6.08 Å². The molecule has 29 heavy (non-hydrogen) atoms. The highest BCUT2D eigenvalue weighted by Gasteiger charge is 2.27. The fourth-order valence-electron chi connectivity index (χ4n) is 2.69. The highest BCUT2D eigenvalue weighted by Crippen LogP contribution is 2.12. The summed E-state index contributed by atoms with van der Waals surface area (Å²) in [6, 6.07) is 6.58. The second-order valence-corrected chi connectivity index (χ2v) is 7.79. The van der Waals surface area contributed by atoms with Crippen molar-refractivity contribution in [3.05, 3.63) is 48.0 Å². The van der Waals surface area contributed by atoms with Crippen LogP contribution < -0.4 is 10.6 Å². The van der Waals surface area contributed by atoms with Crippen LogP contribution in [-0.2, 0) is 20.8 Å². The van der Waals surface area contributed by atoms with Gasteiger partial charge in [0.25, 0.3) is 5.91 Å². The number of carbonyl (C=O) groups is 3. The Hall–Kier alpha value is -2.87. The van der Waals surface area contributed by atoms with Gasteiger partial charge in [0.1, 0.15) is 5.60 Å². The van der Waals surface area contributed by atoms with Gasteiger partial charge in [-0.2, -0.15) is 0 Å². The molecule has 1 fully saturated rings. The fourth-order valence-corrected chi connectivity index (χ4v) is 2.69. The van der Waals surface area contributed by atoms with E-state index < -0.39 is 11.7 Å². The van der Waals surface area contributed by atoms with Crippen molar-refractivity contribution in [1.82, 2.24) is 15.5 Å². The largest absolute Gasteiger partial charge is 0.444 e. The molecule has 8 nitrogen and oxygen atoms in total. The summed E-state index contributed by atoms with van der Waals surface area (Å²) in [6.45, 7) is 10.6. The van der Waals surface area contributed by atoms with Gasteiger partial charge in [-0.15, -0.1) is 0 Å². The maximum atomic E-state index is 12.6. The van der Waals surface area contributed by atoms with Crippen LogP contribution in [0.15, 0.2) is 36.9 Å². The Morgan fingerprint density at radius 2 is 1.97 bits per heavy atom. The van der Waals surface area contributed by atoms with E-state index in [1.54, 1.807) is 29.2 Å². The lowest BCUT2D eigenvalue weighted by atomic mass is 10.1. The average Bonchev–Trinajstić information content (AvgIpc) is 2.90. The number of amides is 3. The number of rotatable bonds is 5. The summed E-state index contributed by atoms with van der Waals surface area (Å²) in [5, 5.41) is 5.58. The van der Waals surface area contributed by atoms with Crippen molar-refractivity contribution in [3.8, 4) is 0 Å². The van der Waals surface area contributed by atoms with Gasteiger partial charge in [0.2, 0.25) is 5.91 Å². The van der Waals surface area contributed by atoms with E-state index in [0.29, 0.717) is 38.4 Å². The minimum absolute atomic E-state index is 0.255. The molecule has 1 aliphatic heterocycles. The lowest BCUT2D eigenvalue weighted by molar-refractivity contribution is -0.116. The monoisotopic (exact) mass is 403 g/mol. The van der Waals surface area contributed by atoms with Gasteiger partial charge in [-0.25, -0.2) is 4.79 Å².